The van der Waals surface area contributed by atoms with Crippen molar-refractivity contribution in [2.45, 2.75) is 26.4 Å². The van der Waals surface area contributed by atoms with E-state index in [0.717, 1.165) is 6.42 Å². The predicted octanol–water partition coefficient (Wildman–Crippen LogP) is 1.62. The summed E-state index contributed by atoms with van der Waals surface area (Å²) in [6.45, 7) is 5.85. The molecule has 0 saturated heterocycles. The van der Waals surface area contributed by atoms with E-state index in [4.69, 9.17) is 14.0 Å². The number of methoxy groups -OCH3 is 1. The topological polar surface area (TPSA) is 69.4 Å². The number of anilines is 1. The van der Waals surface area contributed by atoms with Gasteiger partial charge >= 0.3 is 6.01 Å². The van der Waals surface area contributed by atoms with Gasteiger partial charge in [0.05, 0.1) is 6.61 Å². The van der Waals surface area contributed by atoms with E-state index in [2.05, 4.69) is 15.5 Å². The lowest BCUT2D eigenvalue weighted by molar-refractivity contribution is 0.0518. The maximum atomic E-state index is 5.48. The smallest absolute Gasteiger partial charge is 0.321 e. The lowest BCUT2D eigenvalue weighted by Gasteiger charge is -2.09. The van der Waals surface area contributed by atoms with Crippen molar-refractivity contribution < 1.29 is 14.0 Å². The van der Waals surface area contributed by atoms with Crippen molar-refractivity contribution in [2.24, 2.45) is 0 Å². The Morgan fingerprint density at radius 2 is 2.25 bits per heavy atom. The van der Waals surface area contributed by atoms with Gasteiger partial charge in [-0.25, -0.2) is 0 Å². The van der Waals surface area contributed by atoms with E-state index in [0.29, 0.717) is 31.6 Å². The Balaban J connectivity index is 2.48. The van der Waals surface area contributed by atoms with E-state index in [1.807, 2.05) is 13.8 Å². The van der Waals surface area contributed by atoms with Crippen LogP contribution in [0, 0.1) is 0 Å². The molecule has 1 atom stereocenters. The van der Waals surface area contributed by atoms with Gasteiger partial charge < -0.3 is 19.3 Å². The molecule has 0 radical (unpaired) electrons. The van der Waals surface area contributed by atoms with Gasteiger partial charge in [0.2, 0.25) is 5.82 Å². The van der Waals surface area contributed by atoms with E-state index >= 15 is 0 Å². The van der Waals surface area contributed by atoms with E-state index < -0.39 is 0 Å². The minimum atomic E-state index is -0.0910. The van der Waals surface area contributed by atoms with Gasteiger partial charge in [0.15, 0.2) is 0 Å². The van der Waals surface area contributed by atoms with Gasteiger partial charge in [0, 0.05) is 20.3 Å². The number of hydrogen-bond acceptors (Lipinski definition) is 6. The summed E-state index contributed by atoms with van der Waals surface area (Å²) in [5.74, 6) is 0.587. The summed E-state index contributed by atoms with van der Waals surface area (Å²) < 4.78 is 15.4. The van der Waals surface area contributed by atoms with Crippen LogP contribution in [-0.2, 0) is 9.47 Å². The standard InChI is InChI=1S/C10H19N3O3/c1-4-8(15-5-2)9-12-10(16-13-9)11-6-7-14-3/h8H,4-7H2,1-3H3,(H,11,12,13). The zero-order valence-electron chi connectivity index (χ0n) is 10.0. The van der Waals surface area contributed by atoms with E-state index in [9.17, 15) is 0 Å². The highest BCUT2D eigenvalue weighted by atomic mass is 16.5. The normalized spacial score (nSPS) is 12.7. The van der Waals surface area contributed by atoms with Crippen molar-refractivity contribution >= 4 is 6.01 Å². The van der Waals surface area contributed by atoms with Gasteiger partial charge in [0.1, 0.15) is 6.10 Å². The molecule has 0 bridgehead atoms. The molecule has 16 heavy (non-hydrogen) atoms. The highest BCUT2D eigenvalue weighted by Gasteiger charge is 2.16. The van der Waals surface area contributed by atoms with Crippen LogP contribution in [0.2, 0.25) is 0 Å². The van der Waals surface area contributed by atoms with Crippen molar-refractivity contribution in [3.63, 3.8) is 0 Å². The molecule has 0 aliphatic carbocycles. The van der Waals surface area contributed by atoms with Gasteiger partial charge in [0.25, 0.3) is 0 Å². The Kier molecular flexibility index (Phi) is 5.81. The molecule has 0 aliphatic rings. The van der Waals surface area contributed by atoms with E-state index in [1.165, 1.54) is 0 Å². The largest absolute Gasteiger partial charge is 0.383 e. The van der Waals surface area contributed by atoms with Crippen LogP contribution in [-0.4, -0.2) is 37.0 Å². The Hall–Kier alpha value is -1.14. The van der Waals surface area contributed by atoms with E-state index in [-0.39, 0.29) is 6.10 Å². The third kappa shape index (κ3) is 3.79. The highest BCUT2D eigenvalue weighted by molar-refractivity contribution is 5.18. The lowest BCUT2D eigenvalue weighted by Crippen LogP contribution is -2.08. The Morgan fingerprint density at radius 3 is 2.88 bits per heavy atom. The molecule has 1 N–H and O–H groups in total. The summed E-state index contributed by atoms with van der Waals surface area (Å²) in [6.07, 6.45) is 0.733. The number of rotatable bonds is 8. The van der Waals surface area contributed by atoms with Crippen LogP contribution < -0.4 is 5.32 Å². The van der Waals surface area contributed by atoms with Crippen molar-refractivity contribution in [3.05, 3.63) is 5.82 Å². The maximum absolute atomic E-state index is 5.48. The molecule has 1 heterocycles. The van der Waals surface area contributed by atoms with Gasteiger partial charge in [-0.2, -0.15) is 4.98 Å². The van der Waals surface area contributed by atoms with Crippen molar-refractivity contribution in [1.82, 2.24) is 10.1 Å². The molecule has 0 amide bonds. The Morgan fingerprint density at radius 1 is 1.44 bits per heavy atom. The number of nitrogens with one attached hydrogen (secondary N) is 1. The highest BCUT2D eigenvalue weighted by Crippen LogP contribution is 2.18. The molecule has 0 aliphatic heterocycles. The average molecular weight is 229 g/mol. The first-order valence-electron chi connectivity index (χ1n) is 5.49. The van der Waals surface area contributed by atoms with Gasteiger partial charge in [-0.1, -0.05) is 12.1 Å². The average Bonchev–Trinajstić information content (AvgIpc) is 2.75. The first-order chi connectivity index (χ1) is 7.81. The van der Waals surface area contributed by atoms with E-state index in [1.54, 1.807) is 7.11 Å². The molecule has 0 saturated carbocycles. The maximum Gasteiger partial charge on any atom is 0.321 e. The molecule has 0 spiro atoms. The first kappa shape index (κ1) is 12.9. The van der Waals surface area contributed by atoms with Crippen LogP contribution in [0.3, 0.4) is 0 Å². The van der Waals surface area contributed by atoms with Crippen LogP contribution in [0.25, 0.3) is 0 Å². The van der Waals surface area contributed by atoms with Crippen LogP contribution in [0.4, 0.5) is 6.01 Å². The Bertz CT molecular complexity index is 291. The van der Waals surface area contributed by atoms with Crippen LogP contribution in [0.5, 0.6) is 0 Å². The number of nitrogens with zero attached hydrogens (tertiary/aromatic N) is 2. The summed E-state index contributed by atoms with van der Waals surface area (Å²) in [5.41, 5.74) is 0. The molecule has 1 unspecified atom stereocenters. The molecular weight excluding hydrogens is 210 g/mol. The predicted molar refractivity (Wildman–Crippen MR) is 59.3 cm³/mol. The summed E-state index contributed by atoms with van der Waals surface area (Å²) in [6, 6.07) is 0.408. The zero-order chi connectivity index (χ0) is 11.8. The van der Waals surface area contributed by atoms with Crippen LogP contribution in [0.15, 0.2) is 4.52 Å². The van der Waals surface area contributed by atoms with Crippen molar-refractivity contribution in [2.75, 3.05) is 32.2 Å². The molecule has 0 fully saturated rings. The van der Waals surface area contributed by atoms with Gasteiger partial charge in [-0.3, -0.25) is 0 Å². The third-order valence-corrected chi connectivity index (χ3v) is 2.05. The van der Waals surface area contributed by atoms with Gasteiger partial charge in [-0.15, -0.1) is 0 Å². The fourth-order valence-corrected chi connectivity index (χ4v) is 1.27. The van der Waals surface area contributed by atoms with Crippen molar-refractivity contribution in [1.29, 1.82) is 0 Å². The molecule has 6 heteroatoms. The molecule has 1 aromatic rings. The summed E-state index contributed by atoms with van der Waals surface area (Å²) in [7, 11) is 1.64. The second-order valence-corrected chi connectivity index (χ2v) is 3.23. The molecule has 0 aromatic carbocycles. The summed E-state index contributed by atoms with van der Waals surface area (Å²) in [4.78, 5) is 4.20. The first-order valence-corrected chi connectivity index (χ1v) is 5.49. The summed E-state index contributed by atoms with van der Waals surface area (Å²) in [5, 5.41) is 6.84. The minimum absolute atomic E-state index is 0.0910. The second-order valence-electron chi connectivity index (χ2n) is 3.23. The monoisotopic (exact) mass is 229 g/mol. The number of ether oxygens (including phenoxy) is 2. The molecular formula is C10H19N3O3. The quantitative estimate of drug-likeness (QED) is 0.683. The lowest BCUT2D eigenvalue weighted by atomic mass is 10.2. The molecule has 6 nitrogen and oxygen atoms in total. The molecule has 92 valence electrons. The minimum Gasteiger partial charge on any atom is -0.383 e. The van der Waals surface area contributed by atoms with Gasteiger partial charge in [-0.05, 0) is 13.3 Å². The molecule has 1 rings (SSSR count). The second kappa shape index (κ2) is 7.19. The number of hydrogen-bond donors (Lipinski definition) is 1. The Labute approximate surface area is 95.3 Å². The third-order valence-electron chi connectivity index (χ3n) is 2.05. The fourth-order valence-electron chi connectivity index (χ4n) is 1.27. The van der Waals surface area contributed by atoms with Crippen LogP contribution >= 0.6 is 0 Å². The van der Waals surface area contributed by atoms with Crippen LogP contribution in [0.1, 0.15) is 32.2 Å². The SMILES string of the molecule is CCOC(CC)c1noc(NCCOC)n1. The summed E-state index contributed by atoms with van der Waals surface area (Å²) >= 11 is 0. The number of aromatic nitrogens is 2. The zero-order valence-corrected chi connectivity index (χ0v) is 10.0. The fraction of sp³-hybridized carbons (Fsp3) is 0.800. The molecule has 1 aromatic heterocycles. The van der Waals surface area contributed by atoms with Crippen molar-refractivity contribution in [3.8, 4) is 0 Å².